The van der Waals surface area contributed by atoms with E-state index in [1.165, 1.54) is 0 Å². The number of carbonyl (C=O) groups is 1. The fraction of sp³-hybridized carbons (Fsp3) is 0.650. The van der Waals surface area contributed by atoms with Crippen LogP contribution in [0.4, 0.5) is 0 Å². The number of hydrogen-bond donors (Lipinski definition) is 4. The van der Waals surface area contributed by atoms with Gasteiger partial charge < -0.3 is 29.9 Å². The molecule has 1 saturated heterocycles. The van der Waals surface area contributed by atoms with Crippen molar-refractivity contribution in [1.29, 1.82) is 0 Å². The second-order valence-electron chi connectivity index (χ2n) is 7.62. The van der Waals surface area contributed by atoms with Crippen LogP contribution in [0.3, 0.4) is 0 Å². The fourth-order valence-electron chi connectivity index (χ4n) is 4.15. The Hall–Kier alpha value is -1.35. The molecule has 0 saturated carbocycles. The van der Waals surface area contributed by atoms with Gasteiger partial charge in [-0.2, -0.15) is 0 Å². The summed E-state index contributed by atoms with van der Waals surface area (Å²) < 4.78 is 10.9. The fourth-order valence-corrected chi connectivity index (χ4v) is 4.15. The van der Waals surface area contributed by atoms with E-state index >= 15 is 0 Å². The van der Waals surface area contributed by atoms with Gasteiger partial charge >= 0.3 is 0 Å². The molecule has 1 aromatic carbocycles. The lowest BCUT2D eigenvalue weighted by Gasteiger charge is -2.39. The predicted molar refractivity (Wildman–Crippen MR) is 96.5 cm³/mol. The monoisotopic (exact) mass is 380 g/mol. The Labute approximate surface area is 158 Å². The van der Waals surface area contributed by atoms with E-state index in [-0.39, 0.29) is 18.3 Å². The number of aliphatic hydroxyl groups excluding tert-OH is 4. The van der Waals surface area contributed by atoms with E-state index in [0.717, 1.165) is 34.2 Å². The number of ketones is 1. The lowest BCUT2D eigenvalue weighted by Crippen LogP contribution is -2.59. The largest absolute Gasteiger partial charge is 0.394 e. The van der Waals surface area contributed by atoms with Gasteiger partial charge in [0.15, 0.2) is 12.1 Å². The maximum atomic E-state index is 12.4. The smallest absolute Gasteiger partial charge is 0.186 e. The minimum Gasteiger partial charge on any atom is -0.394 e. The molecule has 3 rings (SSSR count). The summed E-state index contributed by atoms with van der Waals surface area (Å²) in [4.78, 5) is 12.4. The lowest BCUT2D eigenvalue weighted by atomic mass is 9.92. The summed E-state index contributed by atoms with van der Waals surface area (Å²) in [6.45, 7) is 5.61. The minimum atomic E-state index is -1.46. The Morgan fingerprint density at radius 3 is 2.56 bits per heavy atom. The third-order valence-corrected chi connectivity index (χ3v) is 5.72. The molecule has 0 radical (unpaired) electrons. The van der Waals surface area contributed by atoms with E-state index in [1.807, 2.05) is 20.8 Å². The second kappa shape index (κ2) is 7.95. The quantitative estimate of drug-likeness (QED) is 0.570. The molecule has 0 amide bonds. The topological polar surface area (TPSA) is 116 Å². The summed E-state index contributed by atoms with van der Waals surface area (Å²) in [7, 11) is 0. The van der Waals surface area contributed by atoms with Crippen molar-refractivity contribution in [3.8, 4) is 0 Å². The molecule has 4 N–H and O–H groups in total. The molecule has 1 fully saturated rings. The van der Waals surface area contributed by atoms with Crippen molar-refractivity contribution in [3.05, 3.63) is 33.9 Å². The number of ether oxygens (including phenoxy) is 2. The number of aliphatic hydroxyl groups is 4. The highest BCUT2D eigenvalue weighted by Crippen LogP contribution is 2.33. The van der Waals surface area contributed by atoms with Crippen molar-refractivity contribution in [2.45, 2.75) is 64.3 Å². The first-order chi connectivity index (χ1) is 12.8. The van der Waals surface area contributed by atoms with Crippen LogP contribution in [0.25, 0.3) is 0 Å². The summed E-state index contributed by atoms with van der Waals surface area (Å²) in [5.74, 6) is 0.192. The molecule has 0 bridgehead atoms. The number of hydrogen-bond acceptors (Lipinski definition) is 7. The Morgan fingerprint density at radius 1 is 1.19 bits per heavy atom. The van der Waals surface area contributed by atoms with Crippen molar-refractivity contribution in [1.82, 2.24) is 0 Å². The predicted octanol–water partition coefficient (Wildman–Crippen LogP) is 0.0373. The Morgan fingerprint density at radius 2 is 1.89 bits per heavy atom. The summed E-state index contributed by atoms with van der Waals surface area (Å²) in [5.41, 5.74) is 5.00. The van der Waals surface area contributed by atoms with E-state index in [0.29, 0.717) is 6.42 Å². The molecule has 1 aliphatic heterocycles. The van der Waals surface area contributed by atoms with Gasteiger partial charge in [0.1, 0.15) is 24.4 Å². The van der Waals surface area contributed by atoms with Crippen LogP contribution in [-0.4, -0.2) is 70.1 Å². The van der Waals surface area contributed by atoms with Gasteiger partial charge in [0, 0.05) is 11.5 Å². The SMILES string of the molecule is Cc1cc2c(c(C)c1CCO[C@H]1O[C@H](CO)[C@@H](O)[C@H](O)[C@H]1O)C(=O)[C@H](C)C2. The zero-order valence-electron chi connectivity index (χ0n) is 15.9. The molecule has 150 valence electrons. The van der Waals surface area contributed by atoms with Gasteiger partial charge in [-0.25, -0.2) is 0 Å². The molecule has 0 aromatic heterocycles. The van der Waals surface area contributed by atoms with Crippen molar-refractivity contribution in [3.63, 3.8) is 0 Å². The molecule has 0 spiro atoms. The van der Waals surface area contributed by atoms with Crippen LogP contribution < -0.4 is 0 Å². The van der Waals surface area contributed by atoms with E-state index in [2.05, 4.69) is 6.07 Å². The first-order valence-corrected chi connectivity index (χ1v) is 9.34. The molecule has 7 heteroatoms. The van der Waals surface area contributed by atoms with Crippen LogP contribution >= 0.6 is 0 Å². The summed E-state index contributed by atoms with van der Waals surface area (Å²) in [6.07, 6.45) is -5.11. The molecule has 0 unspecified atom stereocenters. The average molecular weight is 380 g/mol. The van der Waals surface area contributed by atoms with Crippen LogP contribution in [0, 0.1) is 19.8 Å². The molecular weight excluding hydrogens is 352 g/mol. The molecule has 2 aliphatic rings. The van der Waals surface area contributed by atoms with Gasteiger partial charge in [0.2, 0.25) is 0 Å². The summed E-state index contributed by atoms with van der Waals surface area (Å²) >= 11 is 0. The van der Waals surface area contributed by atoms with Crippen LogP contribution in [0.2, 0.25) is 0 Å². The number of aryl methyl sites for hydroxylation is 1. The molecular formula is C20H28O7. The van der Waals surface area contributed by atoms with E-state index in [4.69, 9.17) is 9.47 Å². The maximum absolute atomic E-state index is 12.4. The van der Waals surface area contributed by atoms with Gasteiger partial charge in [-0.05, 0) is 48.9 Å². The normalized spacial score (nSPS) is 33.4. The van der Waals surface area contributed by atoms with Crippen LogP contribution in [-0.2, 0) is 22.3 Å². The standard InChI is InChI=1S/C20H28O7/c1-9-6-12-7-10(2)16(22)15(12)11(3)13(9)4-5-26-20-19(25)18(24)17(23)14(8-21)27-20/h6,10,14,17-21,23-25H,4-5,7-8H2,1-3H3/t10-,14-,17-,18+,19-,20+/m1/s1. The van der Waals surface area contributed by atoms with Crippen molar-refractivity contribution < 1.29 is 34.7 Å². The van der Waals surface area contributed by atoms with Gasteiger partial charge in [-0.3, -0.25) is 4.79 Å². The Bertz CT molecular complexity index is 715. The highest BCUT2D eigenvalue weighted by molar-refractivity contribution is 6.03. The van der Waals surface area contributed by atoms with Crippen LogP contribution in [0.5, 0.6) is 0 Å². The first kappa shape index (κ1) is 20.4. The lowest BCUT2D eigenvalue weighted by molar-refractivity contribution is -0.300. The van der Waals surface area contributed by atoms with Gasteiger partial charge in [0.25, 0.3) is 0 Å². The second-order valence-corrected chi connectivity index (χ2v) is 7.62. The minimum absolute atomic E-state index is 0.0127. The molecule has 6 atom stereocenters. The number of fused-ring (bicyclic) bond motifs is 1. The highest BCUT2D eigenvalue weighted by atomic mass is 16.7. The molecule has 27 heavy (non-hydrogen) atoms. The summed E-state index contributed by atoms with van der Waals surface area (Å²) in [6, 6.07) is 2.06. The molecule has 1 aromatic rings. The number of carbonyl (C=O) groups excluding carboxylic acids is 1. The number of rotatable bonds is 5. The maximum Gasteiger partial charge on any atom is 0.186 e. The van der Waals surface area contributed by atoms with Crippen molar-refractivity contribution >= 4 is 5.78 Å². The highest BCUT2D eigenvalue weighted by Gasteiger charge is 2.44. The third kappa shape index (κ3) is 3.68. The summed E-state index contributed by atoms with van der Waals surface area (Å²) in [5, 5.41) is 38.9. The zero-order chi connectivity index (χ0) is 19.9. The first-order valence-electron chi connectivity index (χ1n) is 9.34. The van der Waals surface area contributed by atoms with Crippen molar-refractivity contribution in [2.75, 3.05) is 13.2 Å². The number of benzene rings is 1. The van der Waals surface area contributed by atoms with E-state index in [1.54, 1.807) is 0 Å². The van der Waals surface area contributed by atoms with E-state index < -0.39 is 37.3 Å². The van der Waals surface area contributed by atoms with Gasteiger partial charge in [0.05, 0.1) is 13.2 Å². The molecule has 1 heterocycles. The average Bonchev–Trinajstić information content (AvgIpc) is 2.91. The van der Waals surface area contributed by atoms with Gasteiger partial charge in [-0.15, -0.1) is 0 Å². The van der Waals surface area contributed by atoms with Crippen LogP contribution in [0.15, 0.2) is 6.07 Å². The van der Waals surface area contributed by atoms with E-state index in [9.17, 15) is 25.2 Å². The zero-order valence-corrected chi connectivity index (χ0v) is 15.9. The number of Topliss-reactive ketones (excluding diaryl/α,β-unsaturated/α-hetero) is 1. The third-order valence-electron chi connectivity index (χ3n) is 5.72. The van der Waals surface area contributed by atoms with Gasteiger partial charge in [-0.1, -0.05) is 13.0 Å². The van der Waals surface area contributed by atoms with Crippen LogP contribution in [0.1, 0.15) is 39.5 Å². The Balaban J connectivity index is 1.69. The molecule has 7 nitrogen and oxygen atoms in total. The van der Waals surface area contributed by atoms with Crippen molar-refractivity contribution in [2.24, 2.45) is 5.92 Å². The molecule has 1 aliphatic carbocycles. The Kier molecular flexibility index (Phi) is 6.00.